The Morgan fingerprint density at radius 2 is 2.50 bits per heavy atom. The zero-order chi connectivity index (χ0) is 7.98. The van der Waals surface area contributed by atoms with Gasteiger partial charge in [0.25, 0.3) is 0 Å². The Morgan fingerprint density at radius 3 is 2.90 bits per heavy atom. The predicted molar refractivity (Wildman–Crippen MR) is 42.3 cm³/mol. The number of rotatable bonds is 4. The molecule has 0 aliphatic rings. The minimum Gasteiger partial charge on any atom is -0.390 e. The molecule has 0 unspecified atom stereocenters. The van der Waals surface area contributed by atoms with Crippen LogP contribution in [0.4, 0.5) is 0 Å². The van der Waals surface area contributed by atoms with Gasteiger partial charge in [0.2, 0.25) is 0 Å². The summed E-state index contributed by atoms with van der Waals surface area (Å²) in [6.07, 6.45) is -0.529. The van der Waals surface area contributed by atoms with Gasteiger partial charge in [-0.3, -0.25) is 5.41 Å². The number of aliphatic hydroxyl groups excluding tert-OH is 1. The van der Waals surface area contributed by atoms with Crippen molar-refractivity contribution in [2.24, 2.45) is 5.73 Å². The SMILES string of the molecule is COC[C@H](O)CSC(=N)N. The zero-order valence-electron chi connectivity index (χ0n) is 5.83. The summed E-state index contributed by atoms with van der Waals surface area (Å²) in [5, 5.41) is 15.8. The highest BCUT2D eigenvalue weighted by Gasteiger charge is 2.03. The lowest BCUT2D eigenvalue weighted by Gasteiger charge is -2.06. The quantitative estimate of drug-likeness (QED) is 0.391. The molecule has 0 heterocycles. The molecule has 0 rings (SSSR count). The Bertz CT molecular complexity index is 110. The van der Waals surface area contributed by atoms with Gasteiger partial charge in [-0.1, -0.05) is 11.8 Å². The first kappa shape index (κ1) is 9.74. The first-order valence-corrected chi connectivity index (χ1v) is 3.79. The second-order valence-electron chi connectivity index (χ2n) is 1.78. The summed E-state index contributed by atoms with van der Waals surface area (Å²) in [7, 11) is 1.52. The molecule has 0 spiro atoms. The molecule has 0 aliphatic heterocycles. The van der Waals surface area contributed by atoms with Crippen molar-refractivity contribution >= 4 is 16.9 Å². The van der Waals surface area contributed by atoms with E-state index in [9.17, 15) is 0 Å². The maximum absolute atomic E-state index is 9.00. The molecular formula is C5H12N2O2S. The van der Waals surface area contributed by atoms with Gasteiger partial charge in [0.05, 0.1) is 12.7 Å². The lowest BCUT2D eigenvalue weighted by Crippen LogP contribution is -2.19. The first-order chi connectivity index (χ1) is 4.66. The van der Waals surface area contributed by atoms with Crippen LogP contribution in [0.15, 0.2) is 0 Å². The number of aliphatic hydroxyl groups is 1. The van der Waals surface area contributed by atoms with Gasteiger partial charge >= 0.3 is 0 Å². The minimum absolute atomic E-state index is 0.0233. The summed E-state index contributed by atoms with van der Waals surface area (Å²) < 4.78 is 4.66. The Morgan fingerprint density at radius 1 is 1.90 bits per heavy atom. The second-order valence-corrected chi connectivity index (χ2v) is 2.85. The molecule has 4 N–H and O–H groups in total. The Kier molecular flexibility index (Phi) is 5.38. The molecule has 0 aromatic rings. The van der Waals surface area contributed by atoms with Crippen molar-refractivity contribution in [3.63, 3.8) is 0 Å². The fourth-order valence-corrected chi connectivity index (χ4v) is 0.895. The predicted octanol–water partition coefficient (Wildman–Crippen LogP) is -0.380. The van der Waals surface area contributed by atoms with Gasteiger partial charge in [0.1, 0.15) is 0 Å². The standard InChI is InChI=1S/C5H12N2O2S/c1-9-2-4(8)3-10-5(6)7/h4,8H,2-3H2,1H3,(H3,6,7)/t4-/m0/s1. The molecule has 0 amide bonds. The van der Waals surface area contributed by atoms with Crippen molar-refractivity contribution < 1.29 is 9.84 Å². The highest BCUT2D eigenvalue weighted by atomic mass is 32.2. The molecule has 5 heteroatoms. The molecule has 60 valence electrons. The van der Waals surface area contributed by atoms with Gasteiger partial charge in [0, 0.05) is 12.9 Å². The fraction of sp³-hybridized carbons (Fsp3) is 0.800. The molecule has 0 aromatic heterocycles. The molecule has 0 aliphatic carbocycles. The maximum atomic E-state index is 9.00. The van der Waals surface area contributed by atoms with Crippen LogP contribution in [0.1, 0.15) is 0 Å². The Balaban J connectivity index is 3.21. The normalized spacial score (nSPS) is 13.0. The largest absolute Gasteiger partial charge is 0.390 e. The van der Waals surface area contributed by atoms with Crippen LogP contribution < -0.4 is 5.73 Å². The van der Waals surface area contributed by atoms with Crippen LogP contribution >= 0.6 is 11.8 Å². The minimum atomic E-state index is -0.529. The van der Waals surface area contributed by atoms with Crippen molar-refractivity contribution in [2.75, 3.05) is 19.5 Å². The van der Waals surface area contributed by atoms with Gasteiger partial charge in [-0.2, -0.15) is 0 Å². The van der Waals surface area contributed by atoms with Gasteiger partial charge in [-0.15, -0.1) is 0 Å². The van der Waals surface area contributed by atoms with E-state index in [2.05, 4.69) is 4.74 Å². The van der Waals surface area contributed by atoms with Crippen molar-refractivity contribution in [3.8, 4) is 0 Å². The third-order valence-corrected chi connectivity index (χ3v) is 1.65. The van der Waals surface area contributed by atoms with Crippen molar-refractivity contribution in [3.05, 3.63) is 0 Å². The number of methoxy groups -OCH3 is 1. The summed E-state index contributed by atoms with van der Waals surface area (Å²) in [6.45, 7) is 0.292. The first-order valence-electron chi connectivity index (χ1n) is 2.80. The van der Waals surface area contributed by atoms with E-state index in [0.717, 1.165) is 11.8 Å². The number of ether oxygens (including phenoxy) is 1. The van der Waals surface area contributed by atoms with Gasteiger partial charge in [-0.05, 0) is 0 Å². The number of hydrogen-bond acceptors (Lipinski definition) is 4. The zero-order valence-corrected chi connectivity index (χ0v) is 6.65. The third-order valence-electron chi connectivity index (χ3n) is 0.790. The van der Waals surface area contributed by atoms with Crippen LogP contribution in [-0.2, 0) is 4.74 Å². The molecule has 0 saturated carbocycles. The average Bonchev–Trinajstić information content (AvgIpc) is 1.85. The van der Waals surface area contributed by atoms with Gasteiger partial charge in [-0.25, -0.2) is 0 Å². The molecular weight excluding hydrogens is 152 g/mol. The summed E-state index contributed by atoms with van der Waals surface area (Å²) in [5.41, 5.74) is 5.03. The summed E-state index contributed by atoms with van der Waals surface area (Å²) >= 11 is 1.11. The molecule has 0 bridgehead atoms. The molecule has 0 aromatic carbocycles. The number of amidine groups is 1. The molecule has 0 fully saturated rings. The van der Waals surface area contributed by atoms with Crippen LogP contribution in [0.5, 0.6) is 0 Å². The van der Waals surface area contributed by atoms with E-state index >= 15 is 0 Å². The topological polar surface area (TPSA) is 79.3 Å². The number of thioether (sulfide) groups is 1. The molecule has 0 radical (unpaired) electrons. The number of nitrogens with two attached hydrogens (primary N) is 1. The molecule has 4 nitrogen and oxygen atoms in total. The van der Waals surface area contributed by atoms with E-state index in [-0.39, 0.29) is 5.17 Å². The van der Waals surface area contributed by atoms with Gasteiger partial charge in [0.15, 0.2) is 5.17 Å². The van der Waals surface area contributed by atoms with Crippen LogP contribution in [0, 0.1) is 5.41 Å². The van der Waals surface area contributed by atoms with E-state index in [1.165, 1.54) is 7.11 Å². The van der Waals surface area contributed by atoms with E-state index in [1.807, 2.05) is 0 Å². The van der Waals surface area contributed by atoms with Crippen molar-refractivity contribution in [1.82, 2.24) is 0 Å². The van der Waals surface area contributed by atoms with Crippen molar-refractivity contribution in [1.29, 1.82) is 5.41 Å². The van der Waals surface area contributed by atoms with Crippen LogP contribution in [0.25, 0.3) is 0 Å². The highest BCUT2D eigenvalue weighted by molar-refractivity contribution is 8.13. The van der Waals surface area contributed by atoms with E-state index in [1.54, 1.807) is 0 Å². The maximum Gasteiger partial charge on any atom is 0.151 e. The van der Waals surface area contributed by atoms with E-state index in [0.29, 0.717) is 12.4 Å². The molecule has 10 heavy (non-hydrogen) atoms. The Hall–Kier alpha value is -0.260. The third kappa shape index (κ3) is 5.87. The average molecular weight is 164 g/mol. The van der Waals surface area contributed by atoms with Crippen LogP contribution in [-0.4, -0.2) is 35.8 Å². The fourth-order valence-electron chi connectivity index (χ4n) is 0.426. The van der Waals surface area contributed by atoms with E-state index in [4.69, 9.17) is 16.2 Å². The second kappa shape index (κ2) is 5.52. The lowest BCUT2D eigenvalue weighted by atomic mass is 10.4. The Labute approximate surface area is 64.3 Å². The van der Waals surface area contributed by atoms with Crippen LogP contribution in [0.3, 0.4) is 0 Å². The smallest absolute Gasteiger partial charge is 0.151 e. The van der Waals surface area contributed by atoms with Crippen molar-refractivity contribution in [2.45, 2.75) is 6.10 Å². The summed E-state index contributed by atoms with van der Waals surface area (Å²) in [5.74, 6) is 0.420. The monoisotopic (exact) mass is 164 g/mol. The van der Waals surface area contributed by atoms with Gasteiger partial charge < -0.3 is 15.6 Å². The number of hydrogen-bond donors (Lipinski definition) is 3. The van der Waals surface area contributed by atoms with E-state index < -0.39 is 6.10 Å². The summed E-state index contributed by atoms with van der Waals surface area (Å²) in [4.78, 5) is 0. The summed E-state index contributed by atoms with van der Waals surface area (Å²) in [6, 6.07) is 0. The van der Waals surface area contributed by atoms with Crippen LogP contribution in [0.2, 0.25) is 0 Å². The molecule has 0 saturated heterocycles. The molecule has 1 atom stereocenters. The number of nitrogens with one attached hydrogen (secondary N) is 1. The highest BCUT2D eigenvalue weighted by Crippen LogP contribution is 2.00. The lowest BCUT2D eigenvalue weighted by molar-refractivity contribution is 0.0795.